The minimum Gasteiger partial charge on any atom is -0.497 e. The van der Waals surface area contributed by atoms with E-state index in [1.54, 1.807) is 45.4 Å². The summed E-state index contributed by atoms with van der Waals surface area (Å²) in [7, 11) is -0.235. The Morgan fingerprint density at radius 3 is 2.56 bits per heavy atom. The lowest BCUT2D eigenvalue weighted by Crippen LogP contribution is -2.36. The van der Waals surface area contributed by atoms with Gasteiger partial charge in [0, 0.05) is 25.2 Å². The summed E-state index contributed by atoms with van der Waals surface area (Å²) in [6.07, 6.45) is 1.45. The average Bonchev–Trinajstić information content (AvgIpc) is 2.83. The minimum absolute atomic E-state index is 0.0212. The molecule has 1 N–H and O–H groups in total. The SMILES string of the molecule is CCS(=O)(=O)c1ccc(N2CCOCC2)c(Nc2ncnc3cc(OC)cc(OC)c23)c1. The zero-order chi connectivity index (χ0) is 22.7. The van der Waals surface area contributed by atoms with Gasteiger partial charge in [0.1, 0.15) is 23.6 Å². The molecule has 0 atom stereocenters. The number of sulfone groups is 1. The van der Waals surface area contributed by atoms with Crippen LogP contribution >= 0.6 is 0 Å². The van der Waals surface area contributed by atoms with Crippen LogP contribution in [-0.4, -0.2) is 64.7 Å². The summed E-state index contributed by atoms with van der Waals surface area (Å²) in [4.78, 5) is 11.2. The number of aromatic nitrogens is 2. The Hall–Kier alpha value is -3.11. The maximum absolute atomic E-state index is 12.6. The normalized spacial score (nSPS) is 14.4. The van der Waals surface area contributed by atoms with Crippen molar-refractivity contribution in [1.29, 1.82) is 0 Å². The average molecular weight is 459 g/mol. The first-order valence-electron chi connectivity index (χ1n) is 10.3. The highest BCUT2D eigenvalue weighted by atomic mass is 32.2. The minimum atomic E-state index is -3.38. The van der Waals surface area contributed by atoms with Crippen molar-refractivity contribution >= 4 is 37.9 Å². The van der Waals surface area contributed by atoms with Crippen LogP contribution < -0.4 is 19.7 Å². The lowest BCUT2D eigenvalue weighted by molar-refractivity contribution is 0.123. The summed E-state index contributed by atoms with van der Waals surface area (Å²) < 4.78 is 41.5. The van der Waals surface area contributed by atoms with E-state index in [0.717, 1.165) is 5.69 Å². The zero-order valence-electron chi connectivity index (χ0n) is 18.3. The van der Waals surface area contributed by atoms with Crippen LogP contribution in [-0.2, 0) is 14.6 Å². The van der Waals surface area contributed by atoms with E-state index >= 15 is 0 Å². The smallest absolute Gasteiger partial charge is 0.178 e. The van der Waals surface area contributed by atoms with Crippen molar-refractivity contribution in [3.05, 3.63) is 36.7 Å². The highest BCUT2D eigenvalue weighted by Gasteiger charge is 2.21. The summed E-state index contributed by atoms with van der Waals surface area (Å²) >= 11 is 0. The van der Waals surface area contributed by atoms with Crippen LogP contribution in [0.25, 0.3) is 10.9 Å². The topological polar surface area (TPSA) is 103 Å². The molecule has 170 valence electrons. The Bertz CT molecular complexity index is 1230. The number of nitrogens with zero attached hydrogens (tertiary/aromatic N) is 3. The first kappa shape index (κ1) is 22.1. The monoisotopic (exact) mass is 458 g/mol. The molecular weight excluding hydrogens is 432 g/mol. The molecule has 9 nitrogen and oxygen atoms in total. The number of benzene rings is 2. The van der Waals surface area contributed by atoms with E-state index in [1.165, 1.54) is 6.33 Å². The third-order valence-electron chi connectivity index (χ3n) is 5.44. The molecule has 10 heteroatoms. The van der Waals surface area contributed by atoms with Crippen LogP contribution in [0.1, 0.15) is 6.92 Å². The molecule has 0 spiro atoms. The van der Waals surface area contributed by atoms with Crippen LogP contribution in [0.4, 0.5) is 17.2 Å². The maximum Gasteiger partial charge on any atom is 0.178 e. The Morgan fingerprint density at radius 2 is 1.88 bits per heavy atom. The van der Waals surface area contributed by atoms with Crippen LogP contribution in [0, 0.1) is 0 Å². The number of morpholine rings is 1. The van der Waals surface area contributed by atoms with Gasteiger partial charge >= 0.3 is 0 Å². The number of fused-ring (bicyclic) bond motifs is 1. The molecule has 32 heavy (non-hydrogen) atoms. The van der Waals surface area contributed by atoms with Gasteiger partial charge in [-0.25, -0.2) is 18.4 Å². The number of anilines is 3. The second-order valence-corrected chi connectivity index (χ2v) is 9.53. The van der Waals surface area contributed by atoms with Gasteiger partial charge < -0.3 is 24.4 Å². The molecule has 0 radical (unpaired) electrons. The standard InChI is InChI=1S/C22H26N4O5S/c1-4-32(27,28)16-5-6-19(26-7-9-31-10-8-26)17(13-16)25-22-21-18(23-14-24-22)11-15(29-2)12-20(21)30-3/h5-6,11-14H,4,7-10H2,1-3H3,(H,23,24,25). The second-order valence-electron chi connectivity index (χ2n) is 7.25. The predicted octanol–water partition coefficient (Wildman–Crippen LogP) is 3.02. The fraction of sp³-hybridized carbons (Fsp3) is 0.364. The van der Waals surface area contributed by atoms with E-state index in [-0.39, 0.29) is 10.6 Å². The molecule has 0 saturated carbocycles. The molecule has 1 aliphatic heterocycles. The molecule has 0 amide bonds. The van der Waals surface area contributed by atoms with E-state index in [1.807, 2.05) is 6.07 Å². The summed E-state index contributed by atoms with van der Waals surface area (Å²) in [5.74, 6) is 1.69. The number of rotatable bonds is 7. The highest BCUT2D eigenvalue weighted by Crippen LogP contribution is 2.38. The zero-order valence-corrected chi connectivity index (χ0v) is 19.1. The van der Waals surface area contributed by atoms with E-state index in [9.17, 15) is 8.42 Å². The molecule has 2 aromatic carbocycles. The number of hydrogen-bond donors (Lipinski definition) is 1. The van der Waals surface area contributed by atoms with Gasteiger partial charge in [0.15, 0.2) is 9.84 Å². The lowest BCUT2D eigenvalue weighted by atomic mass is 10.1. The first-order chi connectivity index (χ1) is 15.5. The van der Waals surface area contributed by atoms with Gasteiger partial charge in [-0.15, -0.1) is 0 Å². The third kappa shape index (κ3) is 4.28. The van der Waals surface area contributed by atoms with Crippen molar-refractivity contribution in [2.24, 2.45) is 0 Å². The predicted molar refractivity (Wildman–Crippen MR) is 123 cm³/mol. The molecule has 0 bridgehead atoms. The molecular formula is C22H26N4O5S. The van der Waals surface area contributed by atoms with Crippen LogP contribution in [0.15, 0.2) is 41.6 Å². The fourth-order valence-electron chi connectivity index (χ4n) is 3.69. The molecule has 1 saturated heterocycles. The molecule has 2 heterocycles. The Balaban J connectivity index is 1.85. The molecule has 1 aliphatic rings. The van der Waals surface area contributed by atoms with Gasteiger partial charge in [-0.3, -0.25) is 0 Å². The largest absolute Gasteiger partial charge is 0.497 e. The Kier molecular flexibility index (Phi) is 6.33. The third-order valence-corrected chi connectivity index (χ3v) is 7.18. The van der Waals surface area contributed by atoms with Crippen LogP contribution in [0.3, 0.4) is 0 Å². The van der Waals surface area contributed by atoms with Gasteiger partial charge in [-0.1, -0.05) is 6.92 Å². The maximum atomic E-state index is 12.6. The van der Waals surface area contributed by atoms with E-state index in [2.05, 4.69) is 20.2 Å². The van der Waals surface area contributed by atoms with Crippen molar-refractivity contribution in [2.45, 2.75) is 11.8 Å². The summed E-state index contributed by atoms with van der Waals surface area (Å²) in [5, 5.41) is 4.02. The Labute approximate surface area is 187 Å². The summed E-state index contributed by atoms with van der Waals surface area (Å²) in [6, 6.07) is 8.70. The van der Waals surface area contributed by atoms with Gasteiger partial charge in [0.2, 0.25) is 0 Å². The lowest BCUT2D eigenvalue weighted by Gasteiger charge is -2.31. The number of nitrogens with one attached hydrogen (secondary N) is 1. The van der Waals surface area contributed by atoms with E-state index < -0.39 is 9.84 Å². The van der Waals surface area contributed by atoms with Gasteiger partial charge in [-0.05, 0) is 18.2 Å². The molecule has 1 fully saturated rings. The Morgan fingerprint density at radius 1 is 1.09 bits per heavy atom. The first-order valence-corrected chi connectivity index (χ1v) is 12.0. The molecule has 0 aliphatic carbocycles. The summed E-state index contributed by atoms with van der Waals surface area (Å²) in [6.45, 7) is 4.27. The van der Waals surface area contributed by atoms with Crippen molar-refractivity contribution < 1.29 is 22.6 Å². The van der Waals surface area contributed by atoms with Crippen LogP contribution in [0.5, 0.6) is 11.5 Å². The molecule has 1 aromatic heterocycles. The number of methoxy groups -OCH3 is 2. The number of hydrogen-bond acceptors (Lipinski definition) is 9. The van der Waals surface area contributed by atoms with Gasteiger partial charge in [0.05, 0.1) is 60.4 Å². The van der Waals surface area contributed by atoms with Gasteiger partial charge in [-0.2, -0.15) is 0 Å². The van der Waals surface area contributed by atoms with E-state index in [4.69, 9.17) is 14.2 Å². The fourth-order valence-corrected chi connectivity index (χ4v) is 4.59. The molecule has 3 aromatic rings. The summed E-state index contributed by atoms with van der Waals surface area (Å²) in [5.41, 5.74) is 2.16. The van der Waals surface area contributed by atoms with Gasteiger partial charge in [0.25, 0.3) is 0 Å². The molecule has 0 unspecified atom stereocenters. The van der Waals surface area contributed by atoms with Crippen molar-refractivity contribution in [2.75, 3.05) is 56.5 Å². The second kappa shape index (κ2) is 9.17. The van der Waals surface area contributed by atoms with Crippen molar-refractivity contribution in [3.8, 4) is 11.5 Å². The number of ether oxygens (including phenoxy) is 3. The quantitative estimate of drug-likeness (QED) is 0.572. The van der Waals surface area contributed by atoms with E-state index in [0.29, 0.717) is 60.2 Å². The van der Waals surface area contributed by atoms with Crippen LogP contribution in [0.2, 0.25) is 0 Å². The van der Waals surface area contributed by atoms with Crippen molar-refractivity contribution in [3.63, 3.8) is 0 Å². The highest BCUT2D eigenvalue weighted by molar-refractivity contribution is 7.91. The molecule has 4 rings (SSSR count). The van der Waals surface area contributed by atoms with Crippen molar-refractivity contribution in [1.82, 2.24) is 9.97 Å².